The van der Waals surface area contributed by atoms with Gasteiger partial charge >= 0.3 is 0 Å². The fourth-order valence-corrected chi connectivity index (χ4v) is 2.19. The molecule has 4 heteroatoms. The number of hydrogen-bond acceptors (Lipinski definition) is 3. The summed E-state index contributed by atoms with van der Waals surface area (Å²) in [5.74, 6) is 1.45. The zero-order valence-corrected chi connectivity index (χ0v) is 13.8. The number of ether oxygens (including phenoxy) is 2. The van der Waals surface area contributed by atoms with Crippen LogP contribution in [0.3, 0.4) is 0 Å². The number of rotatable bonds is 5. The van der Waals surface area contributed by atoms with E-state index in [0.717, 1.165) is 16.9 Å². The highest BCUT2D eigenvalue weighted by Gasteiger charge is 2.08. The maximum absolute atomic E-state index is 5.87. The van der Waals surface area contributed by atoms with Crippen molar-refractivity contribution in [3.63, 3.8) is 0 Å². The van der Waals surface area contributed by atoms with Gasteiger partial charge in [-0.05, 0) is 64.9 Å². The second-order valence-corrected chi connectivity index (χ2v) is 5.86. The molecule has 0 aliphatic carbocycles. The second-order valence-electron chi connectivity index (χ2n) is 4.61. The molecule has 0 fully saturated rings. The van der Waals surface area contributed by atoms with Crippen LogP contribution in [-0.4, -0.2) is 7.11 Å². The Kier molecular flexibility index (Phi) is 5.25. The molecular formula is C16H18INO2. The van der Waals surface area contributed by atoms with Crippen molar-refractivity contribution in [2.24, 2.45) is 5.73 Å². The second kappa shape index (κ2) is 6.95. The molecule has 0 heterocycles. The summed E-state index contributed by atoms with van der Waals surface area (Å²) >= 11 is 2.28. The Labute approximate surface area is 133 Å². The Bertz CT molecular complexity index is 567. The molecule has 20 heavy (non-hydrogen) atoms. The van der Waals surface area contributed by atoms with Crippen molar-refractivity contribution < 1.29 is 9.47 Å². The van der Waals surface area contributed by atoms with Gasteiger partial charge in [0.2, 0.25) is 0 Å². The van der Waals surface area contributed by atoms with Gasteiger partial charge in [0, 0.05) is 9.61 Å². The summed E-state index contributed by atoms with van der Waals surface area (Å²) in [5, 5.41) is 0. The van der Waals surface area contributed by atoms with Crippen LogP contribution in [0.2, 0.25) is 0 Å². The Morgan fingerprint density at radius 1 is 1.10 bits per heavy atom. The van der Waals surface area contributed by atoms with Crippen molar-refractivity contribution in [3.8, 4) is 11.5 Å². The van der Waals surface area contributed by atoms with Crippen LogP contribution in [0.4, 0.5) is 0 Å². The van der Waals surface area contributed by atoms with Crippen LogP contribution in [0.25, 0.3) is 0 Å². The average Bonchev–Trinajstić information content (AvgIpc) is 2.46. The molecular weight excluding hydrogens is 365 g/mol. The third kappa shape index (κ3) is 3.86. The van der Waals surface area contributed by atoms with E-state index >= 15 is 0 Å². The van der Waals surface area contributed by atoms with Crippen molar-refractivity contribution in [1.82, 2.24) is 0 Å². The number of benzene rings is 2. The molecule has 2 rings (SSSR count). The normalized spacial score (nSPS) is 12.0. The molecule has 0 amide bonds. The zero-order valence-electron chi connectivity index (χ0n) is 11.6. The lowest BCUT2D eigenvalue weighted by molar-refractivity contribution is 0.284. The molecule has 0 aromatic heterocycles. The minimum Gasteiger partial charge on any atom is -0.493 e. The molecule has 2 aromatic carbocycles. The molecule has 0 unspecified atom stereocenters. The standard InChI is InChI=1S/C16H18INO2/c1-11(18)13-5-8-15(16(9-13)19-2)20-10-12-3-6-14(17)7-4-12/h3-9,11H,10,18H2,1-2H3/t11-/m1/s1. The fraction of sp³-hybridized carbons (Fsp3) is 0.250. The van der Waals surface area contributed by atoms with Crippen LogP contribution < -0.4 is 15.2 Å². The maximum atomic E-state index is 5.87. The van der Waals surface area contributed by atoms with E-state index in [4.69, 9.17) is 15.2 Å². The third-order valence-corrected chi connectivity index (χ3v) is 3.74. The Balaban J connectivity index is 2.10. The Hall–Kier alpha value is -1.27. The van der Waals surface area contributed by atoms with E-state index in [0.29, 0.717) is 12.4 Å². The van der Waals surface area contributed by atoms with E-state index in [1.165, 1.54) is 3.57 Å². The summed E-state index contributed by atoms with van der Waals surface area (Å²) < 4.78 is 12.4. The summed E-state index contributed by atoms with van der Waals surface area (Å²) in [6.07, 6.45) is 0. The lowest BCUT2D eigenvalue weighted by Gasteiger charge is -2.13. The van der Waals surface area contributed by atoms with Crippen LogP contribution >= 0.6 is 22.6 Å². The summed E-state index contributed by atoms with van der Waals surface area (Å²) in [7, 11) is 1.64. The molecule has 0 radical (unpaired) electrons. The summed E-state index contributed by atoms with van der Waals surface area (Å²) in [5.41, 5.74) is 8.03. The van der Waals surface area contributed by atoms with Gasteiger partial charge in [-0.15, -0.1) is 0 Å². The van der Waals surface area contributed by atoms with Gasteiger partial charge in [0.15, 0.2) is 11.5 Å². The highest BCUT2D eigenvalue weighted by molar-refractivity contribution is 14.1. The van der Waals surface area contributed by atoms with E-state index in [1.807, 2.05) is 25.1 Å². The number of nitrogens with two attached hydrogens (primary N) is 1. The molecule has 0 saturated heterocycles. The smallest absolute Gasteiger partial charge is 0.161 e. The van der Waals surface area contributed by atoms with Gasteiger partial charge < -0.3 is 15.2 Å². The van der Waals surface area contributed by atoms with Gasteiger partial charge in [0.1, 0.15) is 6.61 Å². The van der Waals surface area contributed by atoms with Crippen LogP contribution in [-0.2, 0) is 6.61 Å². The SMILES string of the molecule is COc1cc([C@@H](C)N)ccc1OCc1ccc(I)cc1. The monoisotopic (exact) mass is 383 g/mol. The molecule has 2 aromatic rings. The molecule has 0 spiro atoms. The summed E-state index contributed by atoms with van der Waals surface area (Å²) in [4.78, 5) is 0. The molecule has 0 aliphatic rings. The van der Waals surface area contributed by atoms with Crippen LogP contribution in [0.15, 0.2) is 42.5 Å². The first-order chi connectivity index (χ1) is 9.60. The van der Waals surface area contributed by atoms with Gasteiger partial charge in [-0.25, -0.2) is 0 Å². The van der Waals surface area contributed by atoms with Gasteiger partial charge in [0.25, 0.3) is 0 Å². The van der Waals surface area contributed by atoms with E-state index in [-0.39, 0.29) is 6.04 Å². The van der Waals surface area contributed by atoms with E-state index in [2.05, 4.69) is 46.9 Å². The predicted molar refractivity (Wildman–Crippen MR) is 89.1 cm³/mol. The molecule has 1 atom stereocenters. The summed E-state index contributed by atoms with van der Waals surface area (Å²) in [6.45, 7) is 2.46. The lowest BCUT2D eigenvalue weighted by atomic mass is 10.1. The van der Waals surface area contributed by atoms with E-state index in [1.54, 1.807) is 7.11 Å². The van der Waals surface area contributed by atoms with E-state index < -0.39 is 0 Å². The van der Waals surface area contributed by atoms with Crippen LogP contribution in [0.5, 0.6) is 11.5 Å². The lowest BCUT2D eigenvalue weighted by Crippen LogP contribution is -2.05. The van der Waals surface area contributed by atoms with Crippen molar-refractivity contribution in [3.05, 3.63) is 57.2 Å². The predicted octanol–water partition coefficient (Wildman–Crippen LogP) is 3.90. The third-order valence-electron chi connectivity index (χ3n) is 3.02. The minimum atomic E-state index is -0.0193. The van der Waals surface area contributed by atoms with Gasteiger partial charge in [0.05, 0.1) is 7.11 Å². The highest BCUT2D eigenvalue weighted by Crippen LogP contribution is 2.30. The Morgan fingerprint density at radius 2 is 1.80 bits per heavy atom. The number of halogens is 1. The zero-order chi connectivity index (χ0) is 14.5. The van der Waals surface area contributed by atoms with Crippen molar-refractivity contribution in [2.45, 2.75) is 19.6 Å². The molecule has 2 N–H and O–H groups in total. The maximum Gasteiger partial charge on any atom is 0.161 e. The van der Waals surface area contributed by atoms with Gasteiger partial charge in [-0.2, -0.15) is 0 Å². The van der Waals surface area contributed by atoms with Crippen molar-refractivity contribution >= 4 is 22.6 Å². The first kappa shape index (κ1) is 15.1. The van der Waals surface area contributed by atoms with Gasteiger partial charge in [-0.3, -0.25) is 0 Å². The Morgan fingerprint density at radius 3 is 2.40 bits per heavy atom. The molecule has 0 bridgehead atoms. The highest BCUT2D eigenvalue weighted by atomic mass is 127. The van der Waals surface area contributed by atoms with Crippen molar-refractivity contribution in [2.75, 3.05) is 7.11 Å². The largest absolute Gasteiger partial charge is 0.493 e. The van der Waals surface area contributed by atoms with E-state index in [9.17, 15) is 0 Å². The fourth-order valence-electron chi connectivity index (χ4n) is 1.83. The molecule has 0 saturated carbocycles. The topological polar surface area (TPSA) is 44.5 Å². The molecule has 3 nitrogen and oxygen atoms in total. The number of methoxy groups -OCH3 is 1. The number of hydrogen-bond donors (Lipinski definition) is 1. The quantitative estimate of drug-likeness (QED) is 0.797. The van der Waals surface area contributed by atoms with Crippen molar-refractivity contribution in [1.29, 1.82) is 0 Å². The molecule has 106 valence electrons. The van der Waals surface area contributed by atoms with Crippen LogP contribution in [0, 0.1) is 3.57 Å². The first-order valence-corrected chi connectivity index (χ1v) is 7.49. The van der Waals surface area contributed by atoms with Crippen LogP contribution in [0.1, 0.15) is 24.1 Å². The average molecular weight is 383 g/mol. The summed E-state index contributed by atoms with van der Waals surface area (Å²) in [6, 6.07) is 14.0. The van der Waals surface area contributed by atoms with Gasteiger partial charge in [-0.1, -0.05) is 18.2 Å². The minimum absolute atomic E-state index is 0.0193. The first-order valence-electron chi connectivity index (χ1n) is 6.41. The molecule has 0 aliphatic heterocycles.